The molecule has 0 aliphatic rings. The summed E-state index contributed by atoms with van der Waals surface area (Å²) in [5, 5.41) is 6.71. The maximum Gasteiger partial charge on any atom is 0.329 e. The van der Waals surface area contributed by atoms with E-state index in [1.807, 2.05) is 49.4 Å². The molecule has 0 bridgehead atoms. The molecule has 0 radical (unpaired) electrons. The summed E-state index contributed by atoms with van der Waals surface area (Å²) in [6.45, 7) is 1.86. The first kappa shape index (κ1) is 27.8. The highest BCUT2D eigenvalue weighted by Gasteiger charge is 2.26. The minimum Gasteiger partial charge on any atom is -0.459 e. The highest BCUT2D eigenvalue weighted by Crippen LogP contribution is 2.23. The third-order valence-corrected chi connectivity index (χ3v) is 7.68. The van der Waals surface area contributed by atoms with Crippen LogP contribution in [0.1, 0.15) is 22.6 Å². The summed E-state index contributed by atoms with van der Waals surface area (Å²) in [4.78, 5) is 24.3. The molecule has 4 aromatic rings. The van der Waals surface area contributed by atoms with Crippen LogP contribution in [0.2, 0.25) is 5.02 Å². The molecule has 1 heterocycles. The number of amides is 2. The molecule has 2 amide bonds. The fraction of sp³-hybridized carbons (Fsp3) is 0.107. The third kappa shape index (κ3) is 7.41. The predicted molar refractivity (Wildman–Crippen MR) is 149 cm³/mol. The molecule has 0 spiro atoms. The number of rotatable bonds is 9. The van der Waals surface area contributed by atoms with E-state index in [0.717, 1.165) is 11.1 Å². The molecular formula is C28H25ClN4O5S. The SMILES string of the molecule is Cc1ccccc1NC(=O)C(=O)N/N=C/c1ccc(CN(Cc2ccccc2)S(=O)(=O)c2ccc(Cl)cc2)o1. The van der Waals surface area contributed by atoms with E-state index >= 15 is 0 Å². The smallest absolute Gasteiger partial charge is 0.329 e. The molecule has 200 valence electrons. The first-order chi connectivity index (χ1) is 18.7. The zero-order chi connectivity index (χ0) is 27.8. The largest absolute Gasteiger partial charge is 0.459 e. The predicted octanol–water partition coefficient (Wildman–Crippen LogP) is 4.72. The lowest BCUT2D eigenvalue weighted by atomic mass is 10.2. The zero-order valence-electron chi connectivity index (χ0n) is 20.9. The van der Waals surface area contributed by atoms with Gasteiger partial charge in [-0.2, -0.15) is 9.41 Å². The van der Waals surface area contributed by atoms with Gasteiger partial charge in [-0.1, -0.05) is 60.1 Å². The molecular weight excluding hydrogens is 540 g/mol. The van der Waals surface area contributed by atoms with Crippen LogP contribution >= 0.6 is 11.6 Å². The van der Waals surface area contributed by atoms with Crippen LogP contribution in [0.3, 0.4) is 0 Å². The summed E-state index contributed by atoms with van der Waals surface area (Å²) in [7, 11) is -3.89. The summed E-state index contributed by atoms with van der Waals surface area (Å²) >= 11 is 5.94. The van der Waals surface area contributed by atoms with Gasteiger partial charge in [0.1, 0.15) is 11.5 Å². The van der Waals surface area contributed by atoms with Crippen molar-refractivity contribution in [3.8, 4) is 0 Å². The number of nitrogens with zero attached hydrogens (tertiary/aromatic N) is 2. The highest BCUT2D eigenvalue weighted by atomic mass is 35.5. The second kappa shape index (κ2) is 12.5. The molecule has 0 saturated carbocycles. The molecule has 0 aliphatic carbocycles. The molecule has 0 unspecified atom stereocenters. The summed E-state index contributed by atoms with van der Waals surface area (Å²) in [6.07, 6.45) is 1.22. The van der Waals surface area contributed by atoms with Gasteiger partial charge in [-0.15, -0.1) is 0 Å². The Morgan fingerprint density at radius 1 is 0.897 bits per heavy atom. The number of hydrazone groups is 1. The minimum atomic E-state index is -3.89. The fourth-order valence-electron chi connectivity index (χ4n) is 3.59. The standard InChI is InChI=1S/C28H25ClN4O5S/c1-20-7-5-6-10-26(20)31-27(34)28(35)32-30-17-23-13-14-24(38-23)19-33(18-21-8-3-2-4-9-21)39(36,37)25-15-11-22(29)12-16-25/h2-17H,18-19H2,1H3,(H,31,34)(H,32,35)/b30-17+. The number of sulfonamides is 1. The molecule has 0 aliphatic heterocycles. The lowest BCUT2D eigenvalue weighted by Crippen LogP contribution is -2.32. The minimum absolute atomic E-state index is 0.0567. The van der Waals surface area contributed by atoms with E-state index in [9.17, 15) is 18.0 Å². The average Bonchev–Trinajstić information content (AvgIpc) is 3.37. The third-order valence-electron chi connectivity index (χ3n) is 5.63. The molecule has 3 aromatic carbocycles. The van der Waals surface area contributed by atoms with Crippen molar-refractivity contribution in [1.29, 1.82) is 0 Å². The quantitative estimate of drug-likeness (QED) is 0.173. The molecule has 0 saturated heterocycles. The topological polar surface area (TPSA) is 121 Å². The van der Waals surface area contributed by atoms with Crippen molar-refractivity contribution >= 4 is 45.3 Å². The average molecular weight is 565 g/mol. The molecule has 4 rings (SSSR count). The molecule has 39 heavy (non-hydrogen) atoms. The van der Waals surface area contributed by atoms with Gasteiger partial charge in [0.25, 0.3) is 0 Å². The lowest BCUT2D eigenvalue weighted by Gasteiger charge is -2.21. The number of benzene rings is 3. The summed E-state index contributed by atoms with van der Waals surface area (Å²) < 4.78 is 33.9. The number of anilines is 1. The number of aryl methyl sites for hydroxylation is 1. The van der Waals surface area contributed by atoms with Crippen LogP contribution in [0, 0.1) is 6.92 Å². The number of furan rings is 1. The number of carbonyl (C=O) groups is 2. The Bertz CT molecular complexity index is 1590. The van der Waals surface area contributed by atoms with E-state index in [0.29, 0.717) is 16.5 Å². The van der Waals surface area contributed by atoms with Gasteiger partial charge in [0.05, 0.1) is 17.7 Å². The van der Waals surface area contributed by atoms with Gasteiger partial charge in [0.2, 0.25) is 10.0 Å². The summed E-state index contributed by atoms with van der Waals surface area (Å²) in [5.41, 5.74) is 4.28. The van der Waals surface area contributed by atoms with Crippen molar-refractivity contribution in [2.75, 3.05) is 5.32 Å². The maximum absolute atomic E-state index is 13.5. The van der Waals surface area contributed by atoms with Gasteiger partial charge >= 0.3 is 11.8 Å². The summed E-state index contributed by atoms with van der Waals surface area (Å²) in [5.74, 6) is -1.21. The van der Waals surface area contributed by atoms with E-state index in [2.05, 4.69) is 15.8 Å². The molecule has 9 nitrogen and oxygen atoms in total. The van der Waals surface area contributed by atoms with Crippen LogP contribution in [-0.4, -0.2) is 30.8 Å². The Morgan fingerprint density at radius 2 is 1.59 bits per heavy atom. The molecule has 11 heteroatoms. The van der Waals surface area contributed by atoms with Crippen LogP contribution in [-0.2, 0) is 32.7 Å². The van der Waals surface area contributed by atoms with Crippen molar-refractivity contribution in [2.24, 2.45) is 5.10 Å². The van der Waals surface area contributed by atoms with Crippen LogP contribution in [0.4, 0.5) is 5.69 Å². The number of carbonyl (C=O) groups excluding carboxylic acids is 2. The Hall–Kier alpha value is -4.25. The van der Waals surface area contributed by atoms with Gasteiger partial charge in [-0.05, 0) is 60.5 Å². The maximum atomic E-state index is 13.5. The first-order valence-corrected chi connectivity index (χ1v) is 13.6. The summed E-state index contributed by atoms with van der Waals surface area (Å²) in [6, 6.07) is 25.4. The lowest BCUT2D eigenvalue weighted by molar-refractivity contribution is -0.136. The van der Waals surface area contributed by atoms with E-state index in [1.165, 1.54) is 34.8 Å². The van der Waals surface area contributed by atoms with Crippen molar-refractivity contribution in [3.63, 3.8) is 0 Å². The van der Waals surface area contributed by atoms with Crippen LogP contribution in [0.5, 0.6) is 0 Å². The molecule has 1 aromatic heterocycles. The van der Waals surface area contributed by atoms with Crippen molar-refractivity contribution in [1.82, 2.24) is 9.73 Å². The van der Waals surface area contributed by atoms with Gasteiger partial charge in [-0.3, -0.25) is 9.59 Å². The van der Waals surface area contributed by atoms with Crippen molar-refractivity contribution < 1.29 is 22.4 Å². The van der Waals surface area contributed by atoms with E-state index < -0.39 is 21.8 Å². The number of hydrogen-bond donors (Lipinski definition) is 2. The fourth-order valence-corrected chi connectivity index (χ4v) is 5.11. The first-order valence-electron chi connectivity index (χ1n) is 11.8. The zero-order valence-corrected chi connectivity index (χ0v) is 22.4. The Balaban J connectivity index is 1.43. The van der Waals surface area contributed by atoms with Crippen LogP contribution < -0.4 is 10.7 Å². The molecule has 2 N–H and O–H groups in total. The van der Waals surface area contributed by atoms with Gasteiger partial charge < -0.3 is 9.73 Å². The number of halogens is 1. The van der Waals surface area contributed by atoms with E-state index in [-0.39, 0.29) is 23.7 Å². The van der Waals surface area contributed by atoms with Gasteiger partial charge in [0.15, 0.2) is 0 Å². The van der Waals surface area contributed by atoms with E-state index in [4.69, 9.17) is 16.0 Å². The molecule has 0 atom stereocenters. The Morgan fingerprint density at radius 3 is 2.31 bits per heavy atom. The Labute approximate surface area is 231 Å². The Kier molecular flexibility index (Phi) is 8.92. The normalized spacial score (nSPS) is 11.6. The molecule has 0 fully saturated rings. The number of hydrogen-bond acceptors (Lipinski definition) is 6. The highest BCUT2D eigenvalue weighted by molar-refractivity contribution is 7.89. The second-order valence-corrected chi connectivity index (χ2v) is 10.9. The van der Waals surface area contributed by atoms with Gasteiger partial charge in [-0.25, -0.2) is 13.8 Å². The second-order valence-electron chi connectivity index (χ2n) is 8.48. The van der Waals surface area contributed by atoms with Crippen LogP contribution in [0.15, 0.2) is 105 Å². The number of para-hydroxylation sites is 1. The number of nitrogens with one attached hydrogen (secondary N) is 2. The van der Waals surface area contributed by atoms with Crippen molar-refractivity contribution in [3.05, 3.63) is 119 Å². The van der Waals surface area contributed by atoms with Crippen LogP contribution in [0.25, 0.3) is 0 Å². The van der Waals surface area contributed by atoms with Gasteiger partial charge in [0, 0.05) is 17.3 Å². The monoisotopic (exact) mass is 564 g/mol. The van der Waals surface area contributed by atoms with Crippen molar-refractivity contribution in [2.45, 2.75) is 24.9 Å². The van der Waals surface area contributed by atoms with E-state index in [1.54, 1.807) is 24.3 Å².